The molecule has 0 aromatic rings. The first-order valence-electron chi connectivity index (χ1n) is 20.5. The number of ketones is 2. The zero-order valence-corrected chi connectivity index (χ0v) is 34.8. The van der Waals surface area contributed by atoms with Gasteiger partial charge in [0.25, 0.3) is 11.7 Å². The number of nitrogens with zero attached hydrogens (tertiary/aromatic N) is 1. The van der Waals surface area contributed by atoms with Gasteiger partial charge in [-0.05, 0) is 101 Å². The number of allylic oxidation sites excluding steroid dienone is 5. The molecule has 1 saturated carbocycles. The predicted molar refractivity (Wildman–Crippen MR) is 211 cm³/mol. The van der Waals surface area contributed by atoms with Gasteiger partial charge in [0.1, 0.15) is 29.8 Å². The number of aliphatic hydroxyl groups excluding tert-OH is 2. The van der Waals surface area contributed by atoms with E-state index in [0.717, 1.165) is 18.4 Å². The SMILES string of the molecule is C=CC[C@@H]1/C=C(/C)C[C@H](C)C=C(OC)[C@H]2O[C@@](O)(C(=O)C(=O)N3CCCC[C@H]3C(=O)O[C@H](/C(C)=C/[C@H]3CC[C@@H](O)[C@H](C)C3)[C@H](C)[C@@H](O)CC1=O)[C@H](C)C[C@@H]2OC. The highest BCUT2D eigenvalue weighted by Crippen LogP contribution is 2.39. The van der Waals surface area contributed by atoms with Crippen molar-refractivity contribution in [2.45, 2.75) is 148 Å². The molecule has 0 unspecified atom stereocenters. The Morgan fingerprint density at radius 2 is 1.71 bits per heavy atom. The molecule has 0 aromatic carbocycles. The first-order chi connectivity index (χ1) is 26.4. The zero-order valence-electron chi connectivity index (χ0n) is 34.8. The average Bonchev–Trinajstić information content (AvgIpc) is 3.16. The third-order valence-corrected chi connectivity index (χ3v) is 12.5. The molecule has 1 aliphatic carbocycles. The van der Waals surface area contributed by atoms with Crippen molar-refractivity contribution in [1.29, 1.82) is 0 Å². The van der Waals surface area contributed by atoms with E-state index in [2.05, 4.69) is 6.58 Å². The summed E-state index contributed by atoms with van der Waals surface area (Å²) in [5, 5.41) is 34.0. The standard InChI is InChI=1S/C44H67NO11/c1-10-13-32-19-25(2)18-26(3)20-37(53-8)40-38(54-9)23-29(6)44(52,56-40)41(49)42(50)45-17-12-11-14-33(45)43(51)55-39(30(7)35(47)24-36(32)48)28(5)22-31-15-16-34(46)27(4)21-31/h10,19-20,22,26-27,29-35,38-40,46-47,52H,1,11-18,21,23-24H2,2-9H3/b25-19-,28-22+,37-20?/t26-,27+,29+,30+,31-,32+,33-,34+,35-,38-,39+,40+,44+/m0/s1. The Labute approximate surface area is 333 Å². The van der Waals surface area contributed by atoms with Crippen LogP contribution in [0.25, 0.3) is 0 Å². The largest absolute Gasteiger partial charge is 0.499 e. The molecule has 4 aliphatic rings. The molecule has 1 amide bonds. The van der Waals surface area contributed by atoms with Crippen molar-refractivity contribution in [2.24, 2.45) is 35.5 Å². The molecule has 4 rings (SSSR count). The van der Waals surface area contributed by atoms with E-state index >= 15 is 0 Å². The minimum absolute atomic E-state index is 0.0860. The molecule has 3 fully saturated rings. The maximum atomic E-state index is 14.3. The summed E-state index contributed by atoms with van der Waals surface area (Å²) < 4.78 is 24.0. The van der Waals surface area contributed by atoms with E-state index in [1.54, 1.807) is 19.9 Å². The Balaban J connectivity index is 1.80. The van der Waals surface area contributed by atoms with Gasteiger partial charge >= 0.3 is 5.97 Å². The maximum Gasteiger partial charge on any atom is 0.329 e. The molecule has 12 heteroatoms. The van der Waals surface area contributed by atoms with E-state index in [4.69, 9.17) is 18.9 Å². The quantitative estimate of drug-likeness (QED) is 0.180. The number of esters is 1. The van der Waals surface area contributed by atoms with Crippen LogP contribution in [0.3, 0.4) is 0 Å². The summed E-state index contributed by atoms with van der Waals surface area (Å²) in [6.07, 6.45) is 7.68. The van der Waals surface area contributed by atoms with Crippen LogP contribution >= 0.6 is 0 Å². The van der Waals surface area contributed by atoms with Gasteiger partial charge in [-0.15, -0.1) is 6.58 Å². The number of aliphatic hydroxyl groups is 3. The van der Waals surface area contributed by atoms with Crippen LogP contribution in [0.1, 0.15) is 106 Å². The van der Waals surface area contributed by atoms with Crippen LogP contribution in [0, 0.1) is 35.5 Å². The molecule has 0 radical (unpaired) electrons. The van der Waals surface area contributed by atoms with Gasteiger partial charge in [-0.3, -0.25) is 14.4 Å². The molecule has 12 nitrogen and oxygen atoms in total. The molecule has 3 aliphatic heterocycles. The fourth-order valence-corrected chi connectivity index (χ4v) is 9.07. The second-order valence-corrected chi connectivity index (χ2v) is 17.1. The maximum absolute atomic E-state index is 14.3. The number of methoxy groups -OCH3 is 2. The number of Topliss-reactive ketones (excluding diaryl/α,β-unsaturated/α-hetero) is 2. The van der Waals surface area contributed by atoms with Crippen molar-refractivity contribution >= 4 is 23.4 Å². The minimum Gasteiger partial charge on any atom is -0.499 e. The van der Waals surface area contributed by atoms with Crippen molar-refractivity contribution in [2.75, 3.05) is 20.8 Å². The van der Waals surface area contributed by atoms with Crippen molar-refractivity contribution in [1.82, 2.24) is 4.90 Å². The number of fused-ring (bicyclic) bond motifs is 3. The number of hydrogen-bond acceptors (Lipinski definition) is 11. The summed E-state index contributed by atoms with van der Waals surface area (Å²) in [5.41, 5.74) is 1.62. The van der Waals surface area contributed by atoms with Gasteiger partial charge in [0.15, 0.2) is 0 Å². The highest BCUT2D eigenvalue weighted by atomic mass is 16.7. The Kier molecular flexibility index (Phi) is 16.3. The minimum atomic E-state index is -2.54. The molecule has 56 heavy (non-hydrogen) atoms. The van der Waals surface area contributed by atoms with Crippen LogP contribution in [0.15, 0.2) is 47.8 Å². The van der Waals surface area contributed by atoms with Crippen molar-refractivity contribution < 1.29 is 53.4 Å². The summed E-state index contributed by atoms with van der Waals surface area (Å²) >= 11 is 0. The lowest BCUT2D eigenvalue weighted by Crippen LogP contribution is -2.63. The average molecular weight is 786 g/mol. The first-order valence-corrected chi connectivity index (χ1v) is 20.5. The van der Waals surface area contributed by atoms with Gasteiger partial charge in [-0.25, -0.2) is 4.79 Å². The second-order valence-electron chi connectivity index (χ2n) is 17.1. The number of cyclic esters (lactones) is 1. The highest BCUT2D eigenvalue weighted by Gasteiger charge is 2.56. The van der Waals surface area contributed by atoms with Gasteiger partial charge in [-0.2, -0.15) is 0 Å². The zero-order chi connectivity index (χ0) is 41.5. The monoisotopic (exact) mass is 785 g/mol. The third kappa shape index (κ3) is 10.7. The number of rotatable bonds is 6. The fourth-order valence-electron chi connectivity index (χ4n) is 9.07. The van der Waals surface area contributed by atoms with Gasteiger partial charge < -0.3 is 39.2 Å². The Hall–Kier alpha value is -3.16. The normalized spacial score (nSPS) is 40.0. The van der Waals surface area contributed by atoms with Crippen molar-refractivity contribution in [3.63, 3.8) is 0 Å². The number of ether oxygens (including phenoxy) is 4. The van der Waals surface area contributed by atoms with Crippen LogP contribution in [-0.4, -0.2) is 107 Å². The van der Waals surface area contributed by atoms with Gasteiger partial charge in [0.05, 0.1) is 25.4 Å². The number of amides is 1. The first kappa shape index (κ1) is 45.5. The van der Waals surface area contributed by atoms with Crippen LogP contribution in [0.5, 0.6) is 0 Å². The Bertz CT molecular complexity index is 1520. The lowest BCUT2D eigenvalue weighted by Gasteiger charge is -2.45. The summed E-state index contributed by atoms with van der Waals surface area (Å²) in [5.74, 6) is -7.44. The molecular weight excluding hydrogens is 718 g/mol. The van der Waals surface area contributed by atoms with Gasteiger partial charge in [0, 0.05) is 37.8 Å². The number of piperidine rings is 1. The molecule has 314 valence electrons. The summed E-state index contributed by atoms with van der Waals surface area (Å²) in [7, 11) is 2.96. The lowest BCUT2D eigenvalue weighted by atomic mass is 9.78. The van der Waals surface area contributed by atoms with E-state index in [0.29, 0.717) is 43.4 Å². The molecular formula is C44H67NO11. The molecule has 2 bridgehead atoms. The molecule has 0 spiro atoms. The van der Waals surface area contributed by atoms with Crippen LogP contribution < -0.4 is 0 Å². The number of carbonyl (C=O) groups is 4. The van der Waals surface area contributed by atoms with E-state index in [1.807, 2.05) is 45.9 Å². The molecule has 0 aromatic heterocycles. The third-order valence-electron chi connectivity index (χ3n) is 12.5. The summed E-state index contributed by atoms with van der Waals surface area (Å²) in [4.78, 5) is 57.7. The summed E-state index contributed by atoms with van der Waals surface area (Å²) in [6, 6.07) is -1.13. The number of carbonyl (C=O) groups excluding carboxylic acids is 4. The highest BCUT2D eigenvalue weighted by molar-refractivity contribution is 6.39. The van der Waals surface area contributed by atoms with Gasteiger partial charge in [-0.1, -0.05) is 51.5 Å². The fraction of sp³-hybridized carbons (Fsp3) is 0.727. The molecule has 2 saturated heterocycles. The van der Waals surface area contributed by atoms with E-state index in [1.165, 1.54) is 19.1 Å². The predicted octanol–water partition coefficient (Wildman–Crippen LogP) is 5.39. The van der Waals surface area contributed by atoms with Gasteiger partial charge in [0.2, 0.25) is 5.79 Å². The number of hydrogen-bond donors (Lipinski definition) is 3. The molecule has 3 N–H and O–H groups in total. The van der Waals surface area contributed by atoms with Crippen LogP contribution in [-0.2, 0) is 38.1 Å². The van der Waals surface area contributed by atoms with Crippen molar-refractivity contribution in [3.05, 3.63) is 47.8 Å². The Morgan fingerprint density at radius 1 is 1.00 bits per heavy atom. The molecule has 3 heterocycles. The van der Waals surface area contributed by atoms with E-state index < -0.39 is 71.7 Å². The molecule has 13 atom stereocenters. The smallest absolute Gasteiger partial charge is 0.329 e. The second kappa shape index (κ2) is 20.0. The van der Waals surface area contributed by atoms with Crippen LogP contribution in [0.4, 0.5) is 0 Å². The van der Waals surface area contributed by atoms with Crippen LogP contribution in [0.2, 0.25) is 0 Å². The Morgan fingerprint density at radius 3 is 2.36 bits per heavy atom. The van der Waals surface area contributed by atoms with E-state index in [-0.39, 0.29) is 55.4 Å². The topological polar surface area (TPSA) is 169 Å². The lowest BCUT2D eigenvalue weighted by molar-refractivity contribution is -0.283. The van der Waals surface area contributed by atoms with E-state index in [9.17, 15) is 34.5 Å². The van der Waals surface area contributed by atoms with Crippen molar-refractivity contribution in [3.8, 4) is 0 Å². The summed E-state index contributed by atoms with van der Waals surface area (Å²) in [6.45, 7) is 15.1.